The van der Waals surface area contributed by atoms with Crippen molar-refractivity contribution in [2.24, 2.45) is 0 Å². The number of hydrogen-bond acceptors (Lipinski definition) is 4. The number of sulfonamides is 2. The standard InChI is InChI=1S/C34H34N2O4S2/c1-25-15-19-31(20-16-25)41(37,38)35(23-29-11-7-5-8-12-29)33-27(3)28(4)34(33)36(24-30-13-9-6-10-14-30)42(39,40)32-21-17-26(2)18-22-32/h5-22,33-34H,3-4,23-24H2,1-2H3/t33-,34-/m1/s1. The minimum absolute atomic E-state index is 0.0360. The van der Waals surface area contributed by atoms with Gasteiger partial charge in [0, 0.05) is 13.1 Å². The van der Waals surface area contributed by atoms with Gasteiger partial charge in [-0.15, -0.1) is 0 Å². The summed E-state index contributed by atoms with van der Waals surface area (Å²) < 4.78 is 60.0. The molecule has 0 unspecified atom stereocenters. The van der Waals surface area contributed by atoms with Crippen molar-refractivity contribution in [1.82, 2.24) is 8.61 Å². The Morgan fingerprint density at radius 2 is 0.833 bits per heavy atom. The summed E-state index contributed by atoms with van der Waals surface area (Å²) in [6.45, 7) is 12.2. The fourth-order valence-electron chi connectivity index (χ4n) is 5.21. The molecule has 1 aliphatic rings. The fourth-order valence-corrected chi connectivity index (χ4v) is 8.43. The van der Waals surface area contributed by atoms with E-state index in [1.807, 2.05) is 74.5 Å². The molecule has 1 saturated carbocycles. The smallest absolute Gasteiger partial charge is 0.207 e. The van der Waals surface area contributed by atoms with Gasteiger partial charge < -0.3 is 0 Å². The van der Waals surface area contributed by atoms with Gasteiger partial charge in [0.15, 0.2) is 0 Å². The van der Waals surface area contributed by atoms with Crippen molar-refractivity contribution in [3.05, 3.63) is 156 Å². The molecule has 4 aromatic carbocycles. The van der Waals surface area contributed by atoms with Gasteiger partial charge in [-0.1, -0.05) is 109 Å². The van der Waals surface area contributed by atoms with Crippen molar-refractivity contribution in [2.45, 2.75) is 48.8 Å². The highest BCUT2D eigenvalue weighted by Gasteiger charge is 2.52. The normalized spacial score (nSPS) is 17.4. The van der Waals surface area contributed by atoms with Crippen molar-refractivity contribution in [1.29, 1.82) is 0 Å². The van der Waals surface area contributed by atoms with Crippen LogP contribution >= 0.6 is 0 Å². The molecule has 0 bridgehead atoms. The zero-order chi connectivity index (χ0) is 30.1. The zero-order valence-electron chi connectivity index (χ0n) is 23.7. The van der Waals surface area contributed by atoms with E-state index >= 15 is 0 Å². The Labute approximate surface area is 249 Å². The first-order valence-corrected chi connectivity index (χ1v) is 16.5. The van der Waals surface area contributed by atoms with E-state index in [2.05, 4.69) is 13.2 Å². The Balaban J connectivity index is 1.64. The molecule has 216 valence electrons. The van der Waals surface area contributed by atoms with Gasteiger partial charge in [0.1, 0.15) is 0 Å². The lowest BCUT2D eigenvalue weighted by molar-refractivity contribution is 0.195. The van der Waals surface area contributed by atoms with Crippen molar-refractivity contribution in [3.8, 4) is 0 Å². The highest BCUT2D eigenvalue weighted by molar-refractivity contribution is 7.89. The van der Waals surface area contributed by atoms with Crippen LogP contribution in [0.4, 0.5) is 0 Å². The highest BCUT2D eigenvalue weighted by atomic mass is 32.2. The summed E-state index contributed by atoms with van der Waals surface area (Å²) in [6.07, 6.45) is 0. The number of hydrogen-bond donors (Lipinski definition) is 0. The van der Waals surface area contributed by atoms with Crippen LogP contribution in [0.15, 0.2) is 143 Å². The third-order valence-electron chi connectivity index (χ3n) is 7.66. The van der Waals surface area contributed by atoms with Crippen molar-refractivity contribution < 1.29 is 16.8 Å². The average Bonchev–Trinajstić information content (AvgIpc) is 2.99. The molecule has 0 N–H and O–H groups in total. The molecule has 0 aliphatic heterocycles. The number of aryl methyl sites for hydroxylation is 2. The predicted octanol–water partition coefficient (Wildman–Crippen LogP) is 6.25. The van der Waals surface area contributed by atoms with Crippen LogP contribution in [0.3, 0.4) is 0 Å². The molecular weight excluding hydrogens is 565 g/mol. The molecule has 1 aliphatic carbocycles. The van der Waals surface area contributed by atoms with Crippen molar-refractivity contribution >= 4 is 20.0 Å². The zero-order valence-corrected chi connectivity index (χ0v) is 25.4. The molecule has 1 fully saturated rings. The maximum Gasteiger partial charge on any atom is 0.244 e. The quantitative estimate of drug-likeness (QED) is 0.216. The number of benzene rings is 4. The minimum Gasteiger partial charge on any atom is -0.207 e. The predicted molar refractivity (Wildman–Crippen MR) is 167 cm³/mol. The summed E-state index contributed by atoms with van der Waals surface area (Å²) in [7, 11) is -8.16. The lowest BCUT2D eigenvalue weighted by Gasteiger charge is -2.50. The second kappa shape index (κ2) is 11.8. The molecule has 42 heavy (non-hydrogen) atoms. The minimum atomic E-state index is -4.08. The van der Waals surface area contributed by atoms with Gasteiger partial charge >= 0.3 is 0 Å². The topological polar surface area (TPSA) is 74.8 Å². The van der Waals surface area contributed by atoms with E-state index in [4.69, 9.17) is 0 Å². The maximum absolute atomic E-state index is 14.3. The molecule has 0 amide bonds. The Hall–Kier alpha value is -3.82. The monoisotopic (exact) mass is 598 g/mol. The third kappa shape index (κ3) is 5.76. The molecule has 0 saturated heterocycles. The first-order valence-electron chi connectivity index (χ1n) is 13.6. The molecule has 2 atom stereocenters. The van der Waals surface area contributed by atoms with E-state index in [0.717, 1.165) is 22.3 Å². The van der Waals surface area contributed by atoms with Gasteiger partial charge in [-0.25, -0.2) is 16.8 Å². The van der Waals surface area contributed by atoms with Gasteiger partial charge in [-0.2, -0.15) is 8.61 Å². The van der Waals surface area contributed by atoms with Gasteiger partial charge in [0.2, 0.25) is 20.0 Å². The second-order valence-corrected chi connectivity index (χ2v) is 14.4. The second-order valence-electron chi connectivity index (χ2n) is 10.6. The lowest BCUT2D eigenvalue weighted by Crippen LogP contribution is -2.62. The van der Waals surface area contributed by atoms with E-state index in [1.165, 1.54) is 8.61 Å². The van der Waals surface area contributed by atoms with E-state index in [0.29, 0.717) is 11.1 Å². The number of nitrogens with zero attached hydrogens (tertiary/aromatic N) is 2. The summed E-state index contributed by atoms with van der Waals surface area (Å²) >= 11 is 0. The SMILES string of the molecule is C=C1C(=C)[C@@H](N(Cc2ccccc2)S(=O)(=O)c2ccc(C)cc2)[C@@H]1N(Cc1ccccc1)S(=O)(=O)c1ccc(C)cc1. The van der Waals surface area contributed by atoms with Gasteiger partial charge in [0.25, 0.3) is 0 Å². The van der Waals surface area contributed by atoms with Crippen LogP contribution in [-0.4, -0.2) is 37.5 Å². The van der Waals surface area contributed by atoms with E-state index < -0.39 is 32.1 Å². The molecule has 4 aromatic rings. The van der Waals surface area contributed by atoms with Crippen LogP contribution in [0, 0.1) is 13.8 Å². The molecular formula is C34H34N2O4S2. The van der Waals surface area contributed by atoms with Crippen LogP contribution in [-0.2, 0) is 33.1 Å². The van der Waals surface area contributed by atoms with Crippen molar-refractivity contribution in [3.63, 3.8) is 0 Å². The van der Waals surface area contributed by atoms with Crippen LogP contribution in [0.2, 0.25) is 0 Å². The lowest BCUT2D eigenvalue weighted by atomic mass is 9.76. The third-order valence-corrected chi connectivity index (χ3v) is 11.3. The van der Waals surface area contributed by atoms with Gasteiger partial charge in [-0.05, 0) is 60.4 Å². The Kier molecular flexibility index (Phi) is 8.35. The summed E-state index contributed by atoms with van der Waals surface area (Å²) in [5.41, 5.74) is 4.39. The molecule has 0 radical (unpaired) electrons. The van der Waals surface area contributed by atoms with E-state index in [-0.39, 0.29) is 22.9 Å². The van der Waals surface area contributed by atoms with Crippen LogP contribution in [0.1, 0.15) is 22.3 Å². The molecule has 0 aromatic heterocycles. The van der Waals surface area contributed by atoms with Crippen LogP contribution in [0.5, 0.6) is 0 Å². The molecule has 0 spiro atoms. The average molecular weight is 599 g/mol. The Bertz CT molecular complexity index is 1670. The van der Waals surface area contributed by atoms with Gasteiger partial charge in [-0.3, -0.25) is 0 Å². The fraction of sp³-hybridized carbons (Fsp3) is 0.176. The highest BCUT2D eigenvalue weighted by Crippen LogP contribution is 2.44. The van der Waals surface area contributed by atoms with E-state index in [9.17, 15) is 16.8 Å². The Morgan fingerprint density at radius 1 is 0.524 bits per heavy atom. The van der Waals surface area contributed by atoms with Gasteiger partial charge in [0.05, 0.1) is 21.9 Å². The number of rotatable bonds is 10. The van der Waals surface area contributed by atoms with Crippen LogP contribution < -0.4 is 0 Å². The summed E-state index contributed by atoms with van der Waals surface area (Å²) in [6, 6.07) is 30.2. The Morgan fingerprint density at radius 3 is 1.14 bits per heavy atom. The molecule has 5 rings (SSSR count). The summed E-state index contributed by atoms with van der Waals surface area (Å²) in [5.74, 6) is 0. The van der Waals surface area contributed by atoms with Crippen molar-refractivity contribution in [2.75, 3.05) is 0 Å². The first kappa shape index (κ1) is 29.7. The summed E-state index contributed by atoms with van der Waals surface area (Å²) in [4.78, 5) is 0.258. The first-order chi connectivity index (χ1) is 20.0. The molecule has 8 heteroatoms. The molecule has 0 heterocycles. The largest absolute Gasteiger partial charge is 0.244 e. The van der Waals surface area contributed by atoms with E-state index in [1.54, 1.807) is 48.5 Å². The molecule has 6 nitrogen and oxygen atoms in total. The maximum atomic E-state index is 14.3. The summed E-state index contributed by atoms with van der Waals surface area (Å²) in [5, 5.41) is 0. The van der Waals surface area contributed by atoms with Crippen LogP contribution in [0.25, 0.3) is 0 Å².